The van der Waals surface area contributed by atoms with Gasteiger partial charge in [-0.15, -0.1) is 0 Å². The van der Waals surface area contributed by atoms with E-state index >= 15 is 0 Å². The van der Waals surface area contributed by atoms with Crippen LogP contribution in [0.5, 0.6) is 0 Å². The van der Waals surface area contributed by atoms with E-state index in [0.717, 1.165) is 50.7 Å². The topological polar surface area (TPSA) is 15.3 Å². The summed E-state index contributed by atoms with van der Waals surface area (Å²) >= 11 is 0. The van der Waals surface area contributed by atoms with E-state index < -0.39 is 0 Å². The first-order chi connectivity index (χ1) is 16.8. The lowest BCUT2D eigenvalue weighted by atomic mass is 9.81. The summed E-state index contributed by atoms with van der Waals surface area (Å²) in [4.78, 5) is 2.75. The fourth-order valence-electron chi connectivity index (χ4n) is 5.46. The van der Waals surface area contributed by atoms with Crippen molar-refractivity contribution in [3.05, 3.63) is 108 Å². The Morgan fingerprint density at radius 1 is 0.618 bits per heavy atom. The van der Waals surface area contributed by atoms with Gasteiger partial charge in [-0.25, -0.2) is 0 Å². The molecule has 0 heterocycles. The van der Waals surface area contributed by atoms with E-state index in [2.05, 4.69) is 101 Å². The van der Waals surface area contributed by atoms with Crippen molar-refractivity contribution in [3.63, 3.8) is 0 Å². The quantitative estimate of drug-likeness (QED) is 0.300. The summed E-state index contributed by atoms with van der Waals surface area (Å²) in [5.74, 6) is 1.67. The van der Waals surface area contributed by atoms with Gasteiger partial charge in [0.05, 0.1) is 0 Å². The van der Waals surface area contributed by atoms with Gasteiger partial charge in [-0.1, -0.05) is 97.4 Å². The van der Waals surface area contributed by atoms with Crippen LogP contribution in [0.2, 0.25) is 0 Å². The first-order valence-electron chi connectivity index (χ1n) is 13.4. The van der Waals surface area contributed by atoms with Crippen molar-refractivity contribution in [1.29, 1.82) is 0 Å². The van der Waals surface area contributed by atoms with E-state index in [0.29, 0.717) is 0 Å². The summed E-state index contributed by atoms with van der Waals surface area (Å²) in [6.45, 7) is 5.84. The third kappa shape index (κ3) is 8.74. The number of benzene rings is 3. The SMILES string of the molecule is c1ccc(CCNCC2CCCC(CN(CCc3ccccc3)CCc3ccccc3)C2)cc1. The van der Waals surface area contributed by atoms with Crippen molar-refractivity contribution in [2.45, 2.75) is 44.9 Å². The van der Waals surface area contributed by atoms with Crippen molar-refractivity contribution in [3.8, 4) is 0 Å². The molecule has 34 heavy (non-hydrogen) atoms. The molecule has 0 aliphatic heterocycles. The van der Waals surface area contributed by atoms with Crippen molar-refractivity contribution in [2.24, 2.45) is 11.8 Å². The van der Waals surface area contributed by atoms with Gasteiger partial charge in [-0.2, -0.15) is 0 Å². The largest absolute Gasteiger partial charge is 0.316 e. The van der Waals surface area contributed by atoms with Crippen LogP contribution in [0.3, 0.4) is 0 Å². The van der Waals surface area contributed by atoms with Gasteiger partial charge in [-0.05, 0) is 80.1 Å². The molecule has 1 N–H and O–H groups in total. The molecule has 3 aromatic carbocycles. The first kappa shape index (κ1) is 24.7. The molecule has 0 saturated heterocycles. The predicted octanol–water partition coefficient (Wildman–Crippen LogP) is 6.41. The smallest absolute Gasteiger partial charge is 0.00221 e. The molecule has 2 nitrogen and oxygen atoms in total. The maximum atomic E-state index is 3.76. The van der Waals surface area contributed by atoms with Gasteiger partial charge in [0.15, 0.2) is 0 Å². The highest BCUT2D eigenvalue weighted by molar-refractivity contribution is 5.16. The second kappa shape index (κ2) is 14.1. The van der Waals surface area contributed by atoms with Crippen LogP contribution in [-0.2, 0) is 19.3 Å². The summed E-state index contributed by atoms with van der Waals surface area (Å²) in [5.41, 5.74) is 4.34. The van der Waals surface area contributed by atoms with Crippen LogP contribution in [0.1, 0.15) is 42.4 Å². The van der Waals surface area contributed by atoms with Crippen LogP contribution in [0.4, 0.5) is 0 Å². The van der Waals surface area contributed by atoms with Crippen LogP contribution in [0.15, 0.2) is 91.0 Å². The van der Waals surface area contributed by atoms with Crippen LogP contribution >= 0.6 is 0 Å². The summed E-state index contributed by atoms with van der Waals surface area (Å²) in [6.07, 6.45) is 8.98. The zero-order chi connectivity index (χ0) is 23.3. The number of nitrogens with zero attached hydrogens (tertiary/aromatic N) is 1. The van der Waals surface area contributed by atoms with Crippen LogP contribution in [0, 0.1) is 11.8 Å². The minimum atomic E-state index is 0.833. The van der Waals surface area contributed by atoms with Crippen molar-refractivity contribution in [2.75, 3.05) is 32.7 Å². The molecule has 180 valence electrons. The highest BCUT2D eigenvalue weighted by atomic mass is 15.1. The molecule has 2 atom stereocenters. The third-order valence-corrected chi connectivity index (χ3v) is 7.39. The Kier molecular flexibility index (Phi) is 10.2. The standard InChI is InChI=1S/C32H42N2/c1-4-11-28(12-5-1)19-22-33-26-31-17-10-18-32(25-31)27-34(23-20-29-13-6-2-7-14-29)24-21-30-15-8-3-9-16-30/h1-9,11-16,31-33H,10,17-27H2. The Morgan fingerprint density at radius 3 is 1.68 bits per heavy atom. The van der Waals surface area contributed by atoms with Crippen molar-refractivity contribution >= 4 is 0 Å². The van der Waals surface area contributed by atoms with Crippen LogP contribution in [-0.4, -0.2) is 37.6 Å². The Bertz CT molecular complexity index is 866. The molecule has 1 aliphatic carbocycles. The average molecular weight is 455 g/mol. The zero-order valence-electron chi connectivity index (χ0n) is 20.7. The second-order valence-electron chi connectivity index (χ2n) is 10.1. The maximum absolute atomic E-state index is 3.76. The normalized spacial score (nSPS) is 18.3. The molecule has 0 radical (unpaired) electrons. The van der Waals surface area contributed by atoms with Gasteiger partial charge in [0, 0.05) is 19.6 Å². The highest BCUT2D eigenvalue weighted by Crippen LogP contribution is 2.29. The molecule has 1 saturated carbocycles. The molecular formula is C32H42N2. The lowest BCUT2D eigenvalue weighted by molar-refractivity contribution is 0.175. The Balaban J connectivity index is 1.24. The number of nitrogens with one attached hydrogen (secondary N) is 1. The van der Waals surface area contributed by atoms with Crippen molar-refractivity contribution in [1.82, 2.24) is 10.2 Å². The van der Waals surface area contributed by atoms with Gasteiger partial charge in [0.2, 0.25) is 0 Å². The molecule has 0 amide bonds. The van der Waals surface area contributed by atoms with E-state index in [1.807, 2.05) is 0 Å². The molecule has 0 bridgehead atoms. The minimum Gasteiger partial charge on any atom is -0.316 e. The lowest BCUT2D eigenvalue weighted by Gasteiger charge is -2.34. The van der Waals surface area contributed by atoms with Gasteiger partial charge >= 0.3 is 0 Å². The molecule has 2 unspecified atom stereocenters. The summed E-state index contributed by atoms with van der Waals surface area (Å²) < 4.78 is 0. The van der Waals surface area contributed by atoms with E-state index in [9.17, 15) is 0 Å². The van der Waals surface area contributed by atoms with Gasteiger partial charge < -0.3 is 10.2 Å². The number of hydrogen-bond acceptors (Lipinski definition) is 2. The highest BCUT2D eigenvalue weighted by Gasteiger charge is 2.23. The Morgan fingerprint density at radius 2 is 1.12 bits per heavy atom. The third-order valence-electron chi connectivity index (χ3n) is 7.39. The summed E-state index contributed by atoms with van der Waals surface area (Å²) in [7, 11) is 0. The van der Waals surface area contributed by atoms with E-state index in [4.69, 9.17) is 0 Å². The first-order valence-corrected chi connectivity index (χ1v) is 13.4. The van der Waals surface area contributed by atoms with Gasteiger partial charge in [0.25, 0.3) is 0 Å². The molecule has 1 aliphatic rings. The second-order valence-corrected chi connectivity index (χ2v) is 10.1. The predicted molar refractivity (Wildman–Crippen MR) is 145 cm³/mol. The van der Waals surface area contributed by atoms with Gasteiger partial charge in [0.1, 0.15) is 0 Å². The van der Waals surface area contributed by atoms with Crippen LogP contribution in [0.25, 0.3) is 0 Å². The van der Waals surface area contributed by atoms with Crippen molar-refractivity contribution < 1.29 is 0 Å². The Hall–Kier alpha value is -2.42. The zero-order valence-corrected chi connectivity index (χ0v) is 20.7. The average Bonchev–Trinajstić information content (AvgIpc) is 2.90. The molecular weight excluding hydrogens is 412 g/mol. The molecule has 1 fully saturated rings. The fraction of sp³-hybridized carbons (Fsp3) is 0.438. The summed E-state index contributed by atoms with van der Waals surface area (Å²) in [6, 6.07) is 32.8. The number of rotatable bonds is 13. The molecule has 2 heteroatoms. The van der Waals surface area contributed by atoms with Crippen LogP contribution < -0.4 is 5.32 Å². The molecule has 0 aromatic heterocycles. The molecule has 0 spiro atoms. The molecule has 4 rings (SSSR count). The fourth-order valence-corrected chi connectivity index (χ4v) is 5.46. The molecule has 3 aromatic rings. The minimum absolute atomic E-state index is 0.833. The van der Waals surface area contributed by atoms with E-state index in [1.165, 1.54) is 55.5 Å². The Labute approximate surface area is 207 Å². The number of hydrogen-bond donors (Lipinski definition) is 1. The lowest BCUT2D eigenvalue weighted by Crippen LogP contribution is -2.36. The van der Waals surface area contributed by atoms with E-state index in [1.54, 1.807) is 0 Å². The van der Waals surface area contributed by atoms with Gasteiger partial charge in [-0.3, -0.25) is 0 Å². The van der Waals surface area contributed by atoms with E-state index in [-0.39, 0.29) is 0 Å². The maximum Gasteiger partial charge on any atom is 0.00221 e. The summed E-state index contributed by atoms with van der Waals surface area (Å²) in [5, 5.41) is 3.76. The monoisotopic (exact) mass is 454 g/mol.